The monoisotopic (exact) mass is 411 g/mol. The maximum absolute atomic E-state index is 12.3. The van der Waals surface area contributed by atoms with E-state index in [9.17, 15) is 26.7 Å². The largest absolute Gasteiger partial charge is 0.573 e. The number of nitrogens with one attached hydrogen (secondary N) is 1. The van der Waals surface area contributed by atoms with E-state index >= 15 is 0 Å². The molecule has 0 amide bonds. The number of hydrogen-bond acceptors (Lipinski definition) is 4. The first-order valence-corrected chi connectivity index (χ1v) is 9.65. The highest BCUT2D eigenvalue weighted by Gasteiger charge is 2.31. The molecule has 0 saturated carbocycles. The van der Waals surface area contributed by atoms with Gasteiger partial charge in [-0.1, -0.05) is 42.5 Å². The normalized spacial score (nSPS) is 13.4. The Morgan fingerprint density at radius 2 is 1.61 bits per heavy atom. The highest BCUT2D eigenvalue weighted by molar-refractivity contribution is 7.89. The first-order valence-electron chi connectivity index (χ1n) is 8.17. The molecule has 0 aliphatic rings. The molecule has 3 aromatic carbocycles. The van der Waals surface area contributed by atoms with Crippen LogP contribution in [0.2, 0.25) is 0 Å². The fraction of sp³-hybridized carbons (Fsp3) is 0.158. The van der Waals surface area contributed by atoms with Crippen molar-refractivity contribution in [2.45, 2.75) is 17.4 Å². The van der Waals surface area contributed by atoms with Gasteiger partial charge in [0, 0.05) is 6.54 Å². The van der Waals surface area contributed by atoms with E-state index in [0.717, 1.165) is 35.0 Å². The fourth-order valence-corrected chi connectivity index (χ4v) is 3.78. The number of fused-ring (bicyclic) bond motifs is 1. The molecule has 0 saturated heterocycles. The van der Waals surface area contributed by atoms with Gasteiger partial charge >= 0.3 is 6.36 Å². The van der Waals surface area contributed by atoms with Crippen molar-refractivity contribution in [2.24, 2.45) is 0 Å². The van der Waals surface area contributed by atoms with Gasteiger partial charge in [0.1, 0.15) is 5.75 Å². The summed E-state index contributed by atoms with van der Waals surface area (Å²) >= 11 is 0. The fourth-order valence-electron chi connectivity index (χ4n) is 2.74. The summed E-state index contributed by atoms with van der Waals surface area (Å²) in [4.78, 5) is -0.243. The summed E-state index contributed by atoms with van der Waals surface area (Å²) in [6.45, 7) is -0.295. The molecule has 9 heteroatoms. The van der Waals surface area contributed by atoms with Crippen LogP contribution in [0.1, 0.15) is 11.7 Å². The van der Waals surface area contributed by atoms with Gasteiger partial charge in [-0.05, 0) is 40.6 Å². The van der Waals surface area contributed by atoms with E-state index in [1.54, 1.807) is 12.1 Å². The van der Waals surface area contributed by atoms with Crippen molar-refractivity contribution >= 4 is 20.8 Å². The zero-order valence-corrected chi connectivity index (χ0v) is 15.2. The lowest BCUT2D eigenvalue weighted by Gasteiger charge is -2.15. The lowest BCUT2D eigenvalue weighted by molar-refractivity contribution is -0.274. The van der Waals surface area contributed by atoms with E-state index in [1.807, 2.05) is 30.3 Å². The molecular weight excluding hydrogens is 395 g/mol. The summed E-state index contributed by atoms with van der Waals surface area (Å²) in [5.74, 6) is -0.526. The number of ether oxygens (including phenoxy) is 1. The Morgan fingerprint density at radius 3 is 2.29 bits per heavy atom. The number of aliphatic hydroxyl groups is 1. The zero-order valence-electron chi connectivity index (χ0n) is 14.3. The highest BCUT2D eigenvalue weighted by atomic mass is 32.2. The lowest BCUT2D eigenvalue weighted by Crippen LogP contribution is -2.28. The number of halogens is 3. The Balaban J connectivity index is 1.72. The van der Waals surface area contributed by atoms with E-state index in [1.165, 1.54) is 0 Å². The van der Waals surface area contributed by atoms with Crippen LogP contribution >= 0.6 is 0 Å². The van der Waals surface area contributed by atoms with Crippen LogP contribution in [0.15, 0.2) is 71.6 Å². The topological polar surface area (TPSA) is 75.6 Å². The van der Waals surface area contributed by atoms with Gasteiger partial charge in [0.25, 0.3) is 0 Å². The Bertz CT molecular complexity index is 1060. The van der Waals surface area contributed by atoms with Crippen LogP contribution in [0.25, 0.3) is 10.8 Å². The van der Waals surface area contributed by atoms with Crippen LogP contribution in [0.3, 0.4) is 0 Å². The smallest absolute Gasteiger partial charge is 0.406 e. The minimum atomic E-state index is -4.86. The van der Waals surface area contributed by atoms with Crippen LogP contribution in [0, 0.1) is 0 Å². The van der Waals surface area contributed by atoms with Gasteiger partial charge in [-0.25, -0.2) is 13.1 Å². The predicted molar refractivity (Wildman–Crippen MR) is 97.2 cm³/mol. The number of sulfonamides is 1. The summed E-state index contributed by atoms with van der Waals surface area (Å²) in [6, 6.07) is 16.5. The molecule has 0 spiro atoms. The molecule has 3 aromatic rings. The standard InChI is InChI=1S/C19H16F3NO4S/c20-19(21,22)27-14-8-10-15(11-9-14)28(25,26)23-12-18(24)17-7-3-5-13-4-1-2-6-16(13)17/h1-11,18,23-24H,12H2/t18-/m0/s1. The molecule has 28 heavy (non-hydrogen) atoms. The molecule has 0 radical (unpaired) electrons. The minimum absolute atomic E-state index is 0.243. The second-order valence-corrected chi connectivity index (χ2v) is 7.72. The average molecular weight is 411 g/mol. The molecule has 0 aliphatic carbocycles. The number of alkyl halides is 3. The molecule has 3 rings (SSSR count). The first kappa shape index (κ1) is 20.1. The molecule has 1 atom stereocenters. The summed E-state index contributed by atoms with van der Waals surface area (Å²) in [7, 11) is -4.02. The summed E-state index contributed by atoms with van der Waals surface area (Å²) < 4.78 is 67.2. The van der Waals surface area contributed by atoms with E-state index < -0.39 is 28.2 Å². The van der Waals surface area contributed by atoms with Crippen molar-refractivity contribution in [1.29, 1.82) is 0 Å². The average Bonchev–Trinajstić information content (AvgIpc) is 2.65. The van der Waals surface area contributed by atoms with Crippen molar-refractivity contribution < 1.29 is 31.4 Å². The Morgan fingerprint density at radius 1 is 0.964 bits per heavy atom. The summed E-state index contributed by atoms with van der Waals surface area (Å²) in [5, 5.41) is 12.1. The van der Waals surface area contributed by atoms with Gasteiger partial charge < -0.3 is 9.84 Å². The lowest BCUT2D eigenvalue weighted by atomic mass is 10.0. The minimum Gasteiger partial charge on any atom is -0.406 e. The van der Waals surface area contributed by atoms with Gasteiger partial charge in [-0.2, -0.15) is 0 Å². The first-order chi connectivity index (χ1) is 13.2. The van der Waals surface area contributed by atoms with Gasteiger partial charge in [0.05, 0.1) is 11.0 Å². The van der Waals surface area contributed by atoms with Crippen LogP contribution in [-0.2, 0) is 10.0 Å². The highest BCUT2D eigenvalue weighted by Crippen LogP contribution is 2.25. The van der Waals surface area contributed by atoms with Crippen molar-refractivity contribution in [3.05, 3.63) is 72.3 Å². The Labute approximate surface area is 159 Å². The van der Waals surface area contributed by atoms with E-state index in [2.05, 4.69) is 9.46 Å². The second-order valence-electron chi connectivity index (χ2n) is 5.96. The summed E-state index contributed by atoms with van der Waals surface area (Å²) in [6.07, 6.45) is -5.96. The third-order valence-corrected chi connectivity index (χ3v) is 5.46. The molecular formula is C19H16F3NO4S. The van der Waals surface area contributed by atoms with Gasteiger partial charge in [-0.3, -0.25) is 0 Å². The van der Waals surface area contributed by atoms with Crippen LogP contribution < -0.4 is 9.46 Å². The van der Waals surface area contributed by atoms with Crippen LogP contribution in [-0.4, -0.2) is 26.4 Å². The third-order valence-electron chi connectivity index (χ3n) is 4.02. The molecule has 0 unspecified atom stereocenters. The molecule has 2 N–H and O–H groups in total. The summed E-state index contributed by atoms with van der Waals surface area (Å²) in [5.41, 5.74) is 0.565. The van der Waals surface area contributed by atoms with Gasteiger partial charge in [0.15, 0.2) is 0 Å². The van der Waals surface area contributed by atoms with Crippen molar-refractivity contribution in [2.75, 3.05) is 6.54 Å². The zero-order chi connectivity index (χ0) is 20.4. The molecule has 148 valence electrons. The predicted octanol–water partition coefficient (Wildman–Crippen LogP) is 3.75. The number of hydrogen-bond donors (Lipinski definition) is 2. The quantitative estimate of drug-likeness (QED) is 0.648. The Hall–Kier alpha value is -2.62. The van der Waals surface area contributed by atoms with E-state index in [4.69, 9.17) is 0 Å². The Kier molecular flexibility index (Phi) is 5.59. The van der Waals surface area contributed by atoms with Gasteiger partial charge in [0.2, 0.25) is 10.0 Å². The molecule has 0 bridgehead atoms. The molecule has 0 heterocycles. The van der Waals surface area contributed by atoms with E-state index in [-0.39, 0.29) is 11.4 Å². The molecule has 5 nitrogen and oxygen atoms in total. The maximum atomic E-state index is 12.3. The molecule has 0 aromatic heterocycles. The van der Waals surface area contributed by atoms with Gasteiger partial charge in [-0.15, -0.1) is 13.2 Å². The maximum Gasteiger partial charge on any atom is 0.573 e. The number of benzene rings is 3. The molecule has 0 aliphatic heterocycles. The van der Waals surface area contributed by atoms with Crippen LogP contribution in [0.4, 0.5) is 13.2 Å². The van der Waals surface area contributed by atoms with Crippen LogP contribution in [0.5, 0.6) is 5.75 Å². The third kappa shape index (κ3) is 4.80. The second kappa shape index (κ2) is 7.78. The number of rotatable bonds is 6. The van der Waals surface area contributed by atoms with Crippen molar-refractivity contribution in [1.82, 2.24) is 4.72 Å². The molecule has 0 fully saturated rings. The van der Waals surface area contributed by atoms with Crippen molar-refractivity contribution in [3.8, 4) is 5.75 Å². The SMILES string of the molecule is O=S(=O)(NC[C@H](O)c1cccc2ccccc12)c1ccc(OC(F)(F)F)cc1. The van der Waals surface area contributed by atoms with E-state index in [0.29, 0.717) is 5.56 Å². The number of aliphatic hydroxyl groups excluding tert-OH is 1. The van der Waals surface area contributed by atoms with Crippen molar-refractivity contribution in [3.63, 3.8) is 0 Å².